The third-order valence-corrected chi connectivity index (χ3v) is 3.91. The van der Waals surface area contributed by atoms with Crippen molar-refractivity contribution in [3.63, 3.8) is 0 Å². The molecule has 0 heterocycles. The predicted molar refractivity (Wildman–Crippen MR) is 76.8 cm³/mol. The smallest absolute Gasteiger partial charge is 0.142 e. The van der Waals surface area contributed by atoms with Crippen LogP contribution in [-0.4, -0.2) is 6.10 Å². The first kappa shape index (κ1) is 13.3. The molecule has 0 saturated heterocycles. The second-order valence-corrected chi connectivity index (χ2v) is 5.88. The molecule has 2 rings (SSSR count). The molecular formula is C16H25NO. The lowest BCUT2D eigenvalue weighted by Gasteiger charge is -2.32. The summed E-state index contributed by atoms with van der Waals surface area (Å²) in [7, 11) is 0. The maximum absolute atomic E-state index is 6.10. The number of nitrogens with two attached hydrogens (primary N) is 1. The van der Waals surface area contributed by atoms with Crippen molar-refractivity contribution >= 4 is 5.69 Å². The summed E-state index contributed by atoms with van der Waals surface area (Å²) in [6, 6.07) is 6.17. The van der Waals surface area contributed by atoms with E-state index in [2.05, 4.69) is 26.8 Å². The second-order valence-electron chi connectivity index (χ2n) is 5.88. The van der Waals surface area contributed by atoms with Gasteiger partial charge < -0.3 is 10.5 Å². The molecule has 1 aromatic rings. The minimum Gasteiger partial charge on any atom is -0.488 e. The summed E-state index contributed by atoms with van der Waals surface area (Å²) in [6.45, 7) is 6.77. The summed E-state index contributed by atoms with van der Waals surface area (Å²) in [6.07, 6.45) is 4.98. The highest BCUT2D eigenvalue weighted by Gasteiger charge is 2.25. The van der Waals surface area contributed by atoms with Gasteiger partial charge >= 0.3 is 0 Å². The number of aryl methyl sites for hydroxylation is 1. The van der Waals surface area contributed by atoms with Gasteiger partial charge in [-0.1, -0.05) is 26.8 Å². The summed E-state index contributed by atoms with van der Waals surface area (Å²) in [5.41, 5.74) is 8.11. The molecule has 18 heavy (non-hydrogen) atoms. The average molecular weight is 247 g/mol. The third-order valence-electron chi connectivity index (χ3n) is 3.91. The van der Waals surface area contributed by atoms with Gasteiger partial charge in [0, 0.05) is 0 Å². The molecule has 0 bridgehead atoms. The zero-order valence-electron chi connectivity index (χ0n) is 11.8. The Kier molecular flexibility index (Phi) is 4.15. The highest BCUT2D eigenvalue weighted by molar-refractivity contribution is 5.54. The Labute approximate surface area is 111 Å². The van der Waals surface area contributed by atoms with E-state index in [0.29, 0.717) is 6.10 Å². The van der Waals surface area contributed by atoms with Crippen molar-refractivity contribution in [2.75, 3.05) is 5.73 Å². The third kappa shape index (κ3) is 3.18. The van der Waals surface area contributed by atoms with Crippen LogP contribution in [0.15, 0.2) is 18.2 Å². The lowest BCUT2D eigenvalue weighted by Crippen LogP contribution is -2.28. The van der Waals surface area contributed by atoms with Gasteiger partial charge in [0.25, 0.3) is 0 Å². The summed E-state index contributed by atoms with van der Waals surface area (Å²) in [4.78, 5) is 0. The van der Waals surface area contributed by atoms with Crippen LogP contribution in [0.1, 0.15) is 45.6 Å². The average Bonchev–Trinajstić information content (AvgIpc) is 2.30. The molecule has 0 aromatic heterocycles. The minimum atomic E-state index is 0.332. The van der Waals surface area contributed by atoms with Crippen LogP contribution >= 0.6 is 0 Å². The number of rotatable bonds is 3. The summed E-state index contributed by atoms with van der Waals surface area (Å²) >= 11 is 0. The van der Waals surface area contributed by atoms with Crippen LogP contribution in [0.2, 0.25) is 0 Å². The fourth-order valence-electron chi connectivity index (χ4n) is 3.07. The molecule has 0 amide bonds. The fourth-order valence-corrected chi connectivity index (χ4v) is 3.07. The van der Waals surface area contributed by atoms with E-state index in [4.69, 9.17) is 10.5 Å². The summed E-state index contributed by atoms with van der Waals surface area (Å²) in [5, 5.41) is 0. The van der Waals surface area contributed by atoms with Crippen LogP contribution in [0.4, 0.5) is 5.69 Å². The predicted octanol–water partition coefficient (Wildman–Crippen LogP) is 4.03. The van der Waals surface area contributed by atoms with Gasteiger partial charge in [-0.2, -0.15) is 0 Å². The normalized spacial score (nSPS) is 28.1. The van der Waals surface area contributed by atoms with E-state index in [1.165, 1.54) is 12.0 Å². The van der Waals surface area contributed by atoms with Gasteiger partial charge in [-0.25, -0.2) is 0 Å². The molecule has 2 atom stereocenters. The van der Waals surface area contributed by atoms with Crippen molar-refractivity contribution in [1.82, 2.24) is 0 Å². The van der Waals surface area contributed by atoms with Gasteiger partial charge in [-0.15, -0.1) is 0 Å². The maximum atomic E-state index is 6.10. The Balaban J connectivity index is 2.04. The van der Waals surface area contributed by atoms with E-state index < -0.39 is 0 Å². The summed E-state index contributed by atoms with van der Waals surface area (Å²) < 4.78 is 6.10. The zero-order chi connectivity index (χ0) is 13.1. The van der Waals surface area contributed by atoms with Crippen LogP contribution < -0.4 is 10.5 Å². The van der Waals surface area contributed by atoms with E-state index in [1.807, 2.05) is 12.1 Å². The Hall–Kier alpha value is -1.18. The Morgan fingerprint density at radius 1 is 1.17 bits per heavy atom. The molecule has 2 nitrogen and oxygen atoms in total. The van der Waals surface area contributed by atoms with Gasteiger partial charge in [0.2, 0.25) is 0 Å². The van der Waals surface area contributed by atoms with Crippen molar-refractivity contribution in [1.29, 1.82) is 0 Å². The van der Waals surface area contributed by atoms with E-state index in [0.717, 1.165) is 42.5 Å². The quantitative estimate of drug-likeness (QED) is 0.818. The molecule has 0 spiro atoms. The Bertz CT molecular complexity index is 392. The first-order chi connectivity index (χ1) is 8.58. The van der Waals surface area contributed by atoms with E-state index in [-0.39, 0.29) is 0 Å². The van der Waals surface area contributed by atoms with Gasteiger partial charge in [0.15, 0.2) is 0 Å². The van der Waals surface area contributed by atoms with Crippen LogP contribution in [-0.2, 0) is 6.42 Å². The SMILES string of the molecule is CCc1ccc(OC2CC(C)CC(C)C2)c(N)c1. The molecule has 1 aliphatic carbocycles. The lowest BCUT2D eigenvalue weighted by atomic mass is 9.82. The molecule has 100 valence electrons. The van der Waals surface area contributed by atoms with E-state index in [9.17, 15) is 0 Å². The van der Waals surface area contributed by atoms with Gasteiger partial charge in [-0.3, -0.25) is 0 Å². The van der Waals surface area contributed by atoms with Gasteiger partial charge in [-0.05, 0) is 55.2 Å². The van der Waals surface area contributed by atoms with Crippen molar-refractivity contribution in [2.45, 2.75) is 52.6 Å². The number of hydrogen-bond donors (Lipinski definition) is 1. The topological polar surface area (TPSA) is 35.2 Å². The number of ether oxygens (including phenoxy) is 1. The van der Waals surface area contributed by atoms with E-state index >= 15 is 0 Å². The Morgan fingerprint density at radius 3 is 2.39 bits per heavy atom. The highest BCUT2D eigenvalue weighted by atomic mass is 16.5. The monoisotopic (exact) mass is 247 g/mol. The van der Waals surface area contributed by atoms with Crippen molar-refractivity contribution in [3.05, 3.63) is 23.8 Å². The van der Waals surface area contributed by atoms with Crippen molar-refractivity contribution < 1.29 is 4.74 Å². The highest BCUT2D eigenvalue weighted by Crippen LogP contribution is 2.33. The fraction of sp³-hybridized carbons (Fsp3) is 0.625. The largest absolute Gasteiger partial charge is 0.488 e. The summed E-state index contributed by atoms with van der Waals surface area (Å²) in [5.74, 6) is 2.38. The molecule has 1 aliphatic rings. The molecule has 1 fully saturated rings. The standard InChI is InChI=1S/C16H25NO/c1-4-13-5-6-16(15(17)10-13)18-14-8-11(2)7-12(3)9-14/h5-6,10-12,14H,4,7-9,17H2,1-3H3. The van der Waals surface area contributed by atoms with Crippen LogP contribution in [0.5, 0.6) is 5.75 Å². The van der Waals surface area contributed by atoms with Crippen LogP contribution in [0.3, 0.4) is 0 Å². The first-order valence-electron chi connectivity index (χ1n) is 7.13. The van der Waals surface area contributed by atoms with Crippen molar-refractivity contribution in [3.8, 4) is 5.75 Å². The van der Waals surface area contributed by atoms with Crippen molar-refractivity contribution in [2.24, 2.45) is 11.8 Å². The van der Waals surface area contributed by atoms with Gasteiger partial charge in [0.1, 0.15) is 5.75 Å². The minimum absolute atomic E-state index is 0.332. The van der Waals surface area contributed by atoms with Gasteiger partial charge in [0.05, 0.1) is 11.8 Å². The maximum Gasteiger partial charge on any atom is 0.142 e. The molecule has 1 aromatic carbocycles. The molecule has 2 heteroatoms. The first-order valence-corrected chi connectivity index (χ1v) is 7.13. The van der Waals surface area contributed by atoms with E-state index in [1.54, 1.807) is 0 Å². The molecular weight excluding hydrogens is 222 g/mol. The number of hydrogen-bond acceptors (Lipinski definition) is 2. The number of anilines is 1. The molecule has 1 saturated carbocycles. The Morgan fingerprint density at radius 2 is 1.83 bits per heavy atom. The number of nitrogen functional groups attached to an aromatic ring is 1. The lowest BCUT2D eigenvalue weighted by molar-refractivity contribution is 0.102. The zero-order valence-corrected chi connectivity index (χ0v) is 11.8. The molecule has 2 unspecified atom stereocenters. The molecule has 0 radical (unpaired) electrons. The van der Waals surface area contributed by atoms with Crippen LogP contribution in [0, 0.1) is 11.8 Å². The second kappa shape index (κ2) is 5.64. The number of benzene rings is 1. The van der Waals surface area contributed by atoms with Crippen LogP contribution in [0.25, 0.3) is 0 Å². The molecule has 2 N–H and O–H groups in total. The molecule has 0 aliphatic heterocycles.